The molecule has 222 valence electrons. The molecule has 8 nitrogen and oxygen atoms in total. The highest BCUT2D eigenvalue weighted by molar-refractivity contribution is 7.47. The van der Waals surface area contributed by atoms with Crippen LogP contribution in [0.5, 0.6) is 0 Å². The molecule has 0 heterocycles. The van der Waals surface area contributed by atoms with Crippen LogP contribution in [0.25, 0.3) is 0 Å². The highest BCUT2D eigenvalue weighted by Crippen LogP contribution is 2.44. The Balaban J connectivity index is 4.01. The molecule has 0 rings (SSSR count). The van der Waals surface area contributed by atoms with Gasteiger partial charge in [-0.2, -0.15) is 0 Å². The number of phosphoric acid groups is 1. The quantitative estimate of drug-likeness (QED) is 0.0744. The van der Waals surface area contributed by atoms with Gasteiger partial charge in [-0.1, -0.05) is 90.4 Å². The maximum absolute atomic E-state index is 12.4. The van der Waals surface area contributed by atoms with Gasteiger partial charge in [0.1, 0.15) is 6.10 Å². The van der Waals surface area contributed by atoms with E-state index in [1.54, 1.807) is 7.05 Å². The second-order valence-electron chi connectivity index (χ2n) is 11.5. The number of hydrogen-bond acceptors (Lipinski definition) is 5. The topological polar surface area (TPSA) is 85.3 Å². The summed E-state index contributed by atoms with van der Waals surface area (Å²) in [5, 5.41) is 0. The summed E-state index contributed by atoms with van der Waals surface area (Å²) in [7, 11) is 3.56. The van der Waals surface area contributed by atoms with Gasteiger partial charge in [-0.05, 0) is 6.42 Å². The lowest BCUT2D eigenvalue weighted by Gasteiger charge is -2.26. The number of carbonyl (C=O) groups excluding carboxylic acids is 1. The Morgan fingerprint density at radius 1 is 0.838 bits per heavy atom. The van der Waals surface area contributed by atoms with Gasteiger partial charge in [0.05, 0.1) is 40.9 Å². The highest BCUT2D eigenvalue weighted by atomic mass is 31.2. The molecule has 2 atom stereocenters. The minimum atomic E-state index is -4.23. The first-order valence-corrected chi connectivity index (χ1v) is 16.2. The van der Waals surface area contributed by atoms with E-state index in [1.807, 2.05) is 0 Å². The van der Waals surface area contributed by atoms with Crippen LogP contribution in [0.4, 0.5) is 0 Å². The lowest BCUT2D eigenvalue weighted by atomic mass is 10.0. The second-order valence-corrected chi connectivity index (χ2v) is 12.9. The van der Waals surface area contributed by atoms with Crippen LogP contribution in [0, 0.1) is 0 Å². The van der Waals surface area contributed by atoms with E-state index in [1.165, 1.54) is 88.9 Å². The van der Waals surface area contributed by atoms with Gasteiger partial charge in [0.2, 0.25) is 5.91 Å². The van der Waals surface area contributed by atoms with Crippen molar-refractivity contribution in [1.29, 1.82) is 0 Å². The fraction of sp³-hybridized carbons (Fsp3) is 0.964. The van der Waals surface area contributed by atoms with Gasteiger partial charge < -0.3 is 19.0 Å². The van der Waals surface area contributed by atoms with Gasteiger partial charge >= 0.3 is 7.82 Å². The van der Waals surface area contributed by atoms with E-state index in [9.17, 15) is 14.3 Å². The van der Waals surface area contributed by atoms with E-state index < -0.39 is 13.9 Å². The number of quaternary nitrogens is 1. The average Bonchev–Trinajstić information content (AvgIpc) is 2.80. The first-order valence-electron chi connectivity index (χ1n) is 14.7. The van der Waals surface area contributed by atoms with E-state index in [4.69, 9.17) is 13.8 Å². The van der Waals surface area contributed by atoms with Crippen molar-refractivity contribution in [3.63, 3.8) is 0 Å². The Hall–Kier alpha value is -0.500. The van der Waals surface area contributed by atoms with Crippen LogP contribution in [-0.2, 0) is 23.1 Å². The van der Waals surface area contributed by atoms with Crippen LogP contribution in [0.15, 0.2) is 0 Å². The molecule has 0 saturated heterocycles. The van der Waals surface area contributed by atoms with Crippen LogP contribution in [0.1, 0.15) is 110 Å². The van der Waals surface area contributed by atoms with Crippen LogP contribution < -0.4 is 0 Å². The average molecular weight is 552 g/mol. The monoisotopic (exact) mass is 551 g/mol. The number of carbonyl (C=O) groups is 1. The van der Waals surface area contributed by atoms with Crippen molar-refractivity contribution >= 4 is 13.7 Å². The minimum absolute atomic E-state index is 0.137. The zero-order valence-corrected chi connectivity index (χ0v) is 25.9. The minimum Gasteiger partial charge on any atom is -0.379 e. The summed E-state index contributed by atoms with van der Waals surface area (Å²) in [4.78, 5) is 23.2. The van der Waals surface area contributed by atoms with Crippen molar-refractivity contribution in [2.24, 2.45) is 0 Å². The first-order chi connectivity index (χ1) is 17.5. The van der Waals surface area contributed by atoms with Crippen LogP contribution >= 0.6 is 7.82 Å². The van der Waals surface area contributed by atoms with E-state index >= 15 is 0 Å². The Kier molecular flexibility index (Phi) is 22.0. The largest absolute Gasteiger partial charge is 0.472 e. The van der Waals surface area contributed by atoms with Gasteiger partial charge in [-0.15, -0.1) is 0 Å². The van der Waals surface area contributed by atoms with Gasteiger partial charge in [0, 0.05) is 33.5 Å². The lowest BCUT2D eigenvalue weighted by Crippen LogP contribution is -2.37. The molecule has 2 unspecified atom stereocenters. The van der Waals surface area contributed by atoms with Crippen molar-refractivity contribution in [2.45, 2.75) is 116 Å². The smallest absolute Gasteiger partial charge is 0.379 e. The Bertz CT molecular complexity index is 600. The maximum atomic E-state index is 12.4. The zero-order chi connectivity index (χ0) is 28.0. The molecular formula is C28H60N2O6P+. The summed E-state index contributed by atoms with van der Waals surface area (Å²) in [6.07, 6.45) is 18.1. The SMILES string of the molecule is CCCCCCCCCCCCCCCCOCC(CN(C)C(C)=O)OP(=O)(O)OCCC[N+](C)(C)C. The first kappa shape index (κ1) is 36.5. The number of hydrogen-bond donors (Lipinski definition) is 1. The standard InChI is InChI=1S/C28H59N2O6P/c1-7-8-9-10-11-12-13-14-15-16-17-18-19-20-23-34-26-28(25-29(3)27(2)31)36-37(32,33)35-24-21-22-30(4,5)6/h28H,7-26H2,1-6H3/p+1. The molecule has 9 heteroatoms. The fourth-order valence-corrected chi connectivity index (χ4v) is 5.03. The van der Waals surface area contributed by atoms with Crippen molar-refractivity contribution < 1.29 is 32.5 Å². The summed E-state index contributed by atoms with van der Waals surface area (Å²) in [5.74, 6) is -0.141. The summed E-state index contributed by atoms with van der Waals surface area (Å²) in [5.41, 5.74) is 0. The molecule has 0 aromatic heterocycles. The van der Waals surface area contributed by atoms with Gasteiger partial charge in [-0.25, -0.2) is 4.57 Å². The normalized spacial score (nSPS) is 14.5. The fourth-order valence-electron chi connectivity index (χ4n) is 4.10. The molecule has 0 saturated carbocycles. The molecule has 0 radical (unpaired) electrons. The third-order valence-electron chi connectivity index (χ3n) is 6.47. The number of unbranched alkanes of at least 4 members (excludes halogenated alkanes) is 13. The van der Waals surface area contributed by atoms with E-state index in [0.717, 1.165) is 23.9 Å². The summed E-state index contributed by atoms with van der Waals surface area (Å²) in [6.45, 7) is 5.55. The highest BCUT2D eigenvalue weighted by Gasteiger charge is 2.28. The molecule has 0 fully saturated rings. The molecule has 0 aromatic rings. The van der Waals surface area contributed by atoms with E-state index in [-0.39, 0.29) is 25.7 Å². The predicted molar refractivity (Wildman–Crippen MR) is 153 cm³/mol. The van der Waals surface area contributed by atoms with Crippen LogP contribution in [0.3, 0.4) is 0 Å². The molecule has 0 spiro atoms. The number of ether oxygens (including phenoxy) is 1. The third kappa shape index (κ3) is 25.5. The molecule has 37 heavy (non-hydrogen) atoms. The van der Waals surface area contributed by atoms with E-state index in [0.29, 0.717) is 13.0 Å². The van der Waals surface area contributed by atoms with Crippen molar-refractivity contribution in [3.8, 4) is 0 Å². The number of rotatable bonds is 26. The zero-order valence-electron chi connectivity index (χ0n) is 25.0. The van der Waals surface area contributed by atoms with Crippen molar-refractivity contribution in [3.05, 3.63) is 0 Å². The van der Waals surface area contributed by atoms with Crippen LogP contribution in [0.2, 0.25) is 0 Å². The summed E-state index contributed by atoms with van der Waals surface area (Å²) < 4.78 is 29.4. The number of nitrogens with zero attached hydrogens (tertiary/aromatic N) is 2. The summed E-state index contributed by atoms with van der Waals surface area (Å²) >= 11 is 0. The predicted octanol–water partition coefficient (Wildman–Crippen LogP) is 6.56. The molecular weight excluding hydrogens is 491 g/mol. The van der Waals surface area contributed by atoms with Crippen molar-refractivity contribution in [2.75, 3.05) is 61.1 Å². The molecule has 1 N–H and O–H groups in total. The number of phosphoric ester groups is 1. The number of amides is 1. The Morgan fingerprint density at radius 2 is 1.32 bits per heavy atom. The molecule has 0 aliphatic rings. The second kappa shape index (κ2) is 22.3. The molecule has 0 aliphatic heterocycles. The van der Waals surface area contributed by atoms with Gasteiger partial charge in [0.15, 0.2) is 0 Å². The third-order valence-corrected chi connectivity index (χ3v) is 7.54. The lowest BCUT2D eigenvalue weighted by molar-refractivity contribution is -0.870. The maximum Gasteiger partial charge on any atom is 0.472 e. The number of likely N-dealkylation sites (N-methyl/N-ethyl adjacent to an activating group) is 1. The van der Waals surface area contributed by atoms with E-state index in [2.05, 4.69) is 28.1 Å². The van der Waals surface area contributed by atoms with Crippen molar-refractivity contribution in [1.82, 2.24) is 4.90 Å². The van der Waals surface area contributed by atoms with Gasteiger partial charge in [0.25, 0.3) is 0 Å². The van der Waals surface area contributed by atoms with Gasteiger partial charge in [-0.3, -0.25) is 13.8 Å². The van der Waals surface area contributed by atoms with Crippen LogP contribution in [-0.4, -0.2) is 87.4 Å². The summed E-state index contributed by atoms with van der Waals surface area (Å²) in [6, 6.07) is 0. The molecule has 1 amide bonds. The molecule has 0 bridgehead atoms. The Morgan fingerprint density at radius 3 is 1.78 bits per heavy atom. The molecule has 0 aliphatic carbocycles. The molecule has 0 aromatic carbocycles. The Labute approximate surface area is 228 Å².